The lowest BCUT2D eigenvalue weighted by Gasteiger charge is -2.29. The number of fused-ring (bicyclic) bond motifs is 1. The Kier molecular flexibility index (Phi) is 8.25. The van der Waals surface area contributed by atoms with E-state index < -0.39 is 74.0 Å². The number of ether oxygens (including phenoxy) is 2. The van der Waals surface area contributed by atoms with Gasteiger partial charge < -0.3 is 40.6 Å². The van der Waals surface area contributed by atoms with Crippen molar-refractivity contribution in [2.75, 3.05) is 26.0 Å². The molecule has 2 saturated heterocycles. The van der Waals surface area contributed by atoms with Crippen molar-refractivity contribution in [1.82, 2.24) is 29.1 Å². The molecule has 5 heterocycles. The number of imidazole rings is 2. The highest BCUT2D eigenvalue weighted by molar-refractivity contribution is 8.09. The number of nitrogens with two attached hydrogens (primary N) is 2. The molecule has 1 unspecified atom stereocenters. The average molecular weight is 633 g/mol. The molecule has 42 heavy (non-hydrogen) atoms. The number of nitrogen functional groups attached to an aromatic ring is 1. The van der Waals surface area contributed by atoms with Crippen molar-refractivity contribution >= 4 is 53.8 Å². The van der Waals surface area contributed by atoms with Gasteiger partial charge >= 0.3 is 0 Å². The van der Waals surface area contributed by atoms with Crippen molar-refractivity contribution in [3.05, 3.63) is 28.7 Å². The van der Waals surface area contributed by atoms with Crippen molar-refractivity contribution in [1.29, 1.82) is 0 Å². The predicted octanol–water partition coefficient (Wildman–Crippen LogP) is -1.22. The third-order valence-corrected chi connectivity index (χ3v) is 9.82. The van der Waals surface area contributed by atoms with Crippen LogP contribution >= 0.6 is 6.49 Å². The number of alkyl halides is 2. The number of aliphatic hydroxyl groups excluding tert-OH is 2. The zero-order valence-electron chi connectivity index (χ0n) is 21.8. The van der Waals surface area contributed by atoms with Gasteiger partial charge in [0.1, 0.15) is 41.7 Å². The number of aliphatic imine (C=N–C) groups is 2. The molecule has 5 rings (SSSR count). The minimum absolute atomic E-state index is 0.00872. The molecule has 2 aliphatic rings. The van der Waals surface area contributed by atoms with Crippen LogP contribution in [-0.4, -0.2) is 113 Å². The molecule has 3 aromatic rings. The number of nitrogens with one attached hydrogen (secondary N) is 1. The van der Waals surface area contributed by atoms with Crippen LogP contribution in [0.4, 0.5) is 20.5 Å². The van der Waals surface area contributed by atoms with E-state index in [-0.39, 0.29) is 34.5 Å². The maximum absolute atomic E-state index is 15.6. The Bertz CT molecular complexity index is 1630. The van der Waals surface area contributed by atoms with Gasteiger partial charge in [0.2, 0.25) is 5.95 Å². The third-order valence-electron chi connectivity index (χ3n) is 6.96. The molecule has 0 amide bonds. The van der Waals surface area contributed by atoms with Crippen LogP contribution in [0.25, 0.3) is 11.2 Å². The second kappa shape index (κ2) is 11.5. The van der Waals surface area contributed by atoms with Crippen LogP contribution < -0.4 is 17.0 Å². The van der Waals surface area contributed by atoms with E-state index in [0.717, 1.165) is 15.5 Å². The lowest BCUT2D eigenvalue weighted by atomic mass is 10.1. The summed E-state index contributed by atoms with van der Waals surface area (Å²) in [7, 11) is 1.42. The molecule has 3 aromatic heterocycles. The topological polar surface area (TPSA) is 247 Å². The molecule has 0 radical (unpaired) electrons. The summed E-state index contributed by atoms with van der Waals surface area (Å²) in [5.74, 6) is -0.214. The van der Waals surface area contributed by atoms with Crippen molar-refractivity contribution < 1.29 is 37.9 Å². The SMILES string of the molecule is C=Nc1c(C(N)=NC)ncn1[C@@H]1O[C@H](COP(O)(=S)[C@@H]2[C@@H](F)[C@@H](CO)O[C@H]2n2cnc3c(=O)[nH]c(N)nc32)[C@@H](O)[C@@H]1F. The number of nitrogens with zero attached hydrogens (tertiary/aromatic N) is 7. The molecule has 0 spiro atoms. The molecule has 8 N–H and O–H groups in total. The molecule has 0 aliphatic carbocycles. The van der Waals surface area contributed by atoms with Gasteiger partial charge in [-0.3, -0.25) is 23.9 Å². The standard InChI is InChI=1S/C21H27F2N10O7PS/c1-26-15(24)11-16(27-2)32(5-28-11)19-10(23)13(35)8(40-19)4-38-41(37,42)14-9(22)7(3-34)39-20(14)33-6-29-12-17(33)30-21(25)31-18(12)36/h5-10,13-14,19-20,34-35H,2-4H2,1H3,(H2,24,26)(H,37,42)(H3,25,30,31,36)/t7-,8-,9+,10+,13-,14-,19-,20-,41?/m1/s1. The monoisotopic (exact) mass is 632 g/mol. The Morgan fingerprint density at radius 1 is 1.26 bits per heavy atom. The zero-order chi connectivity index (χ0) is 30.5. The number of anilines is 1. The van der Waals surface area contributed by atoms with E-state index in [9.17, 15) is 19.9 Å². The van der Waals surface area contributed by atoms with Crippen LogP contribution in [0.1, 0.15) is 18.1 Å². The summed E-state index contributed by atoms with van der Waals surface area (Å²) in [6.07, 6.45) is -9.19. The van der Waals surface area contributed by atoms with Gasteiger partial charge in [0.25, 0.3) is 5.56 Å². The van der Waals surface area contributed by atoms with Gasteiger partial charge in [-0.25, -0.2) is 23.7 Å². The highest BCUT2D eigenvalue weighted by Crippen LogP contribution is 2.58. The molecule has 17 nitrogen and oxygen atoms in total. The first-order valence-electron chi connectivity index (χ1n) is 12.3. The van der Waals surface area contributed by atoms with E-state index in [1.165, 1.54) is 13.4 Å². The first-order valence-corrected chi connectivity index (χ1v) is 15.0. The molecule has 0 aromatic carbocycles. The molecule has 0 saturated carbocycles. The molecule has 2 aliphatic heterocycles. The second-order valence-electron chi connectivity index (χ2n) is 9.41. The molecule has 0 bridgehead atoms. The molecular weight excluding hydrogens is 605 g/mol. The first-order chi connectivity index (χ1) is 19.9. The van der Waals surface area contributed by atoms with Gasteiger partial charge in [-0.15, -0.1) is 0 Å². The van der Waals surface area contributed by atoms with E-state index >= 15 is 8.78 Å². The summed E-state index contributed by atoms with van der Waals surface area (Å²) >= 11 is 5.32. The van der Waals surface area contributed by atoms with Gasteiger partial charge in [-0.2, -0.15) is 4.98 Å². The van der Waals surface area contributed by atoms with Crippen molar-refractivity contribution in [2.45, 2.75) is 48.8 Å². The highest BCUT2D eigenvalue weighted by Gasteiger charge is 2.54. The van der Waals surface area contributed by atoms with E-state index in [1.807, 2.05) is 0 Å². The maximum atomic E-state index is 15.6. The van der Waals surface area contributed by atoms with Crippen LogP contribution in [0.15, 0.2) is 27.4 Å². The van der Waals surface area contributed by atoms with E-state index in [4.69, 9.17) is 37.3 Å². The van der Waals surface area contributed by atoms with Crippen molar-refractivity contribution in [3.8, 4) is 0 Å². The van der Waals surface area contributed by atoms with Crippen LogP contribution in [0, 0.1) is 0 Å². The Labute approximate surface area is 240 Å². The largest absolute Gasteiger partial charge is 0.394 e. The Morgan fingerprint density at radius 3 is 2.62 bits per heavy atom. The normalized spacial score (nSPS) is 31.5. The van der Waals surface area contributed by atoms with E-state index in [2.05, 4.69) is 36.6 Å². The summed E-state index contributed by atoms with van der Waals surface area (Å²) in [6.45, 7) is -2.23. The maximum Gasteiger partial charge on any atom is 0.280 e. The summed E-state index contributed by atoms with van der Waals surface area (Å²) in [5, 5.41) is 20.3. The van der Waals surface area contributed by atoms with Crippen molar-refractivity contribution in [3.63, 3.8) is 0 Å². The zero-order valence-corrected chi connectivity index (χ0v) is 23.5. The number of rotatable bonds is 9. The van der Waals surface area contributed by atoms with Crippen LogP contribution in [0.5, 0.6) is 0 Å². The number of halogens is 2. The average Bonchev–Trinajstić information content (AvgIpc) is 3.71. The molecular formula is C21H27F2N10O7PS. The molecule has 21 heteroatoms. The van der Waals surface area contributed by atoms with Gasteiger partial charge in [-0.1, -0.05) is 0 Å². The van der Waals surface area contributed by atoms with E-state index in [0.29, 0.717) is 0 Å². The number of hydrogen-bond donors (Lipinski definition) is 6. The molecule has 9 atom stereocenters. The quantitative estimate of drug-likeness (QED) is 0.0921. The number of aliphatic hydroxyl groups is 2. The lowest BCUT2D eigenvalue weighted by Crippen LogP contribution is -2.34. The second-order valence-corrected chi connectivity index (χ2v) is 13.0. The van der Waals surface area contributed by atoms with Crippen LogP contribution in [0.2, 0.25) is 0 Å². The molecule has 228 valence electrons. The van der Waals surface area contributed by atoms with Crippen LogP contribution in [-0.2, 0) is 25.8 Å². The lowest BCUT2D eigenvalue weighted by molar-refractivity contribution is -0.0432. The predicted molar refractivity (Wildman–Crippen MR) is 148 cm³/mol. The minimum atomic E-state index is -4.23. The fourth-order valence-electron chi connectivity index (χ4n) is 4.87. The number of aromatic amines is 1. The number of amidine groups is 1. The minimum Gasteiger partial charge on any atom is -0.394 e. The summed E-state index contributed by atoms with van der Waals surface area (Å²) in [4.78, 5) is 45.4. The van der Waals surface area contributed by atoms with Gasteiger partial charge in [-0.05, 0) is 18.5 Å². The smallest absolute Gasteiger partial charge is 0.280 e. The fourth-order valence-corrected chi connectivity index (χ4v) is 7.34. The fraction of sp³-hybridized carbons (Fsp3) is 0.524. The van der Waals surface area contributed by atoms with Gasteiger partial charge in [0.05, 0.1) is 25.9 Å². The van der Waals surface area contributed by atoms with Gasteiger partial charge in [0.15, 0.2) is 42.1 Å². The Hall–Kier alpha value is -3.23. The Balaban J connectivity index is 1.39. The first kappa shape index (κ1) is 30.2. The number of H-pyrrole nitrogens is 1. The Morgan fingerprint density at radius 2 is 1.95 bits per heavy atom. The highest BCUT2D eigenvalue weighted by atomic mass is 32.5. The van der Waals surface area contributed by atoms with Gasteiger partial charge in [0, 0.05) is 7.05 Å². The van der Waals surface area contributed by atoms with Crippen LogP contribution in [0.3, 0.4) is 0 Å². The number of aromatic nitrogens is 6. The number of hydrogen-bond acceptors (Lipinski definition) is 13. The summed E-state index contributed by atoms with van der Waals surface area (Å²) in [6, 6.07) is 0. The summed E-state index contributed by atoms with van der Waals surface area (Å²) < 4.78 is 49.9. The third kappa shape index (κ3) is 5.02. The molecule has 2 fully saturated rings. The summed E-state index contributed by atoms with van der Waals surface area (Å²) in [5.41, 5.74) is 9.05. The van der Waals surface area contributed by atoms with Crippen molar-refractivity contribution in [2.24, 2.45) is 15.7 Å². The van der Waals surface area contributed by atoms with E-state index in [1.54, 1.807) is 0 Å².